The maximum absolute atomic E-state index is 12.1. The maximum Gasteiger partial charge on any atom is 0.306 e. The minimum atomic E-state index is -0.777. The maximum atomic E-state index is 12.1. The highest BCUT2D eigenvalue weighted by Crippen LogP contribution is 2.32. The van der Waals surface area contributed by atoms with E-state index in [1.165, 1.54) is 16.9 Å². The van der Waals surface area contributed by atoms with Crippen LogP contribution in [-0.4, -0.2) is 23.5 Å². The summed E-state index contributed by atoms with van der Waals surface area (Å²) in [4.78, 5) is 25.0. The zero-order valence-electron chi connectivity index (χ0n) is 12.6. The number of thiophene rings is 1. The van der Waals surface area contributed by atoms with Gasteiger partial charge in [-0.15, -0.1) is 11.3 Å². The Morgan fingerprint density at radius 1 is 1.52 bits per heavy atom. The van der Waals surface area contributed by atoms with Crippen LogP contribution >= 0.6 is 11.3 Å². The van der Waals surface area contributed by atoms with Gasteiger partial charge >= 0.3 is 5.97 Å². The lowest BCUT2D eigenvalue weighted by Crippen LogP contribution is -2.24. The summed E-state index contributed by atoms with van der Waals surface area (Å²) in [6, 6.07) is 2.03. The van der Waals surface area contributed by atoms with Crippen molar-refractivity contribution in [2.24, 2.45) is 11.8 Å². The first-order chi connectivity index (χ1) is 9.97. The van der Waals surface area contributed by atoms with E-state index in [-0.39, 0.29) is 11.8 Å². The fourth-order valence-electron chi connectivity index (χ4n) is 2.64. The fourth-order valence-corrected chi connectivity index (χ4v) is 3.76. The molecule has 0 fully saturated rings. The molecule has 5 heteroatoms. The van der Waals surface area contributed by atoms with Crippen molar-refractivity contribution in [1.29, 1.82) is 0 Å². The van der Waals surface area contributed by atoms with Crippen molar-refractivity contribution in [3.8, 4) is 0 Å². The number of aliphatic carboxylic acids is 1. The van der Waals surface area contributed by atoms with Gasteiger partial charge in [-0.3, -0.25) is 9.59 Å². The fraction of sp³-hybridized carbons (Fsp3) is 0.625. The highest BCUT2D eigenvalue weighted by atomic mass is 32.1. The second-order valence-corrected chi connectivity index (χ2v) is 7.18. The zero-order valence-corrected chi connectivity index (χ0v) is 13.5. The van der Waals surface area contributed by atoms with Crippen molar-refractivity contribution >= 4 is 23.2 Å². The molecule has 1 aliphatic rings. The second kappa shape index (κ2) is 7.07. The SMILES string of the molecule is CC1CCc2sc(C(=O)NCCCC(C)C(=O)O)cc2C1. The normalized spacial score (nSPS) is 18.9. The van der Waals surface area contributed by atoms with E-state index in [2.05, 4.69) is 12.2 Å². The van der Waals surface area contributed by atoms with Gasteiger partial charge in [-0.05, 0) is 49.7 Å². The zero-order chi connectivity index (χ0) is 15.4. The number of nitrogens with one attached hydrogen (secondary N) is 1. The lowest BCUT2D eigenvalue weighted by molar-refractivity contribution is -0.141. The van der Waals surface area contributed by atoms with E-state index in [4.69, 9.17) is 5.11 Å². The van der Waals surface area contributed by atoms with Crippen molar-refractivity contribution in [1.82, 2.24) is 5.32 Å². The molecule has 0 aromatic carbocycles. The highest BCUT2D eigenvalue weighted by molar-refractivity contribution is 7.14. The number of carboxylic acid groups (broad SMARTS) is 1. The minimum Gasteiger partial charge on any atom is -0.481 e. The molecule has 2 atom stereocenters. The molecule has 116 valence electrons. The van der Waals surface area contributed by atoms with Gasteiger partial charge in [0.25, 0.3) is 5.91 Å². The van der Waals surface area contributed by atoms with Gasteiger partial charge in [-0.25, -0.2) is 0 Å². The summed E-state index contributed by atoms with van der Waals surface area (Å²) in [5.41, 5.74) is 1.34. The van der Waals surface area contributed by atoms with E-state index in [0.29, 0.717) is 25.3 Å². The molecule has 0 spiro atoms. The summed E-state index contributed by atoms with van der Waals surface area (Å²) in [5.74, 6) is -0.440. The van der Waals surface area contributed by atoms with E-state index < -0.39 is 5.97 Å². The van der Waals surface area contributed by atoms with E-state index in [1.807, 2.05) is 6.07 Å². The molecule has 0 saturated carbocycles. The van der Waals surface area contributed by atoms with E-state index >= 15 is 0 Å². The number of hydrogen-bond acceptors (Lipinski definition) is 3. The molecule has 0 bridgehead atoms. The molecule has 1 aromatic rings. The lowest BCUT2D eigenvalue weighted by atomic mass is 9.90. The molecule has 2 unspecified atom stereocenters. The lowest BCUT2D eigenvalue weighted by Gasteiger charge is -2.16. The smallest absolute Gasteiger partial charge is 0.306 e. The summed E-state index contributed by atoms with van der Waals surface area (Å²) in [5, 5.41) is 11.7. The van der Waals surface area contributed by atoms with Crippen LogP contribution in [0.2, 0.25) is 0 Å². The van der Waals surface area contributed by atoms with Crippen molar-refractivity contribution in [2.75, 3.05) is 6.54 Å². The number of amides is 1. The van der Waals surface area contributed by atoms with Crippen LogP contribution in [0.25, 0.3) is 0 Å². The van der Waals surface area contributed by atoms with Crippen LogP contribution < -0.4 is 5.32 Å². The average Bonchev–Trinajstić information content (AvgIpc) is 2.85. The number of carboxylic acids is 1. The molecule has 2 rings (SSSR count). The highest BCUT2D eigenvalue weighted by Gasteiger charge is 2.20. The number of hydrogen-bond donors (Lipinski definition) is 2. The second-order valence-electron chi connectivity index (χ2n) is 6.04. The van der Waals surface area contributed by atoms with Gasteiger partial charge in [-0.2, -0.15) is 0 Å². The number of carbonyl (C=O) groups is 2. The average molecular weight is 309 g/mol. The summed E-state index contributed by atoms with van der Waals surface area (Å²) >= 11 is 1.61. The predicted octanol–water partition coefficient (Wildman–Crippen LogP) is 3.10. The summed E-state index contributed by atoms with van der Waals surface area (Å²) in [6.07, 6.45) is 4.66. The van der Waals surface area contributed by atoms with E-state index in [9.17, 15) is 9.59 Å². The summed E-state index contributed by atoms with van der Waals surface area (Å²) in [7, 11) is 0. The number of fused-ring (bicyclic) bond motifs is 1. The molecule has 1 aliphatic carbocycles. The largest absolute Gasteiger partial charge is 0.481 e. The Morgan fingerprint density at radius 2 is 2.29 bits per heavy atom. The van der Waals surface area contributed by atoms with Gasteiger partial charge in [0, 0.05) is 11.4 Å². The van der Waals surface area contributed by atoms with Crippen LogP contribution in [0.1, 0.15) is 53.2 Å². The Bertz CT molecular complexity index is 524. The first-order valence-electron chi connectivity index (χ1n) is 7.60. The Hall–Kier alpha value is -1.36. The molecule has 0 saturated heterocycles. The Balaban J connectivity index is 1.80. The topological polar surface area (TPSA) is 66.4 Å². The van der Waals surface area contributed by atoms with Crippen LogP contribution in [-0.2, 0) is 17.6 Å². The first-order valence-corrected chi connectivity index (χ1v) is 8.41. The van der Waals surface area contributed by atoms with Crippen LogP contribution in [0.15, 0.2) is 6.07 Å². The quantitative estimate of drug-likeness (QED) is 0.794. The minimum absolute atomic E-state index is 0.0231. The number of carbonyl (C=O) groups excluding carboxylic acids is 1. The third-order valence-corrected chi connectivity index (χ3v) is 5.31. The third-order valence-electron chi connectivity index (χ3n) is 4.07. The molecule has 2 N–H and O–H groups in total. The number of aryl methyl sites for hydroxylation is 1. The van der Waals surface area contributed by atoms with Gasteiger partial charge in [-0.1, -0.05) is 13.8 Å². The third kappa shape index (κ3) is 4.30. The molecule has 4 nitrogen and oxygen atoms in total. The standard InChI is InChI=1S/C16H23NO3S/c1-10-5-6-13-12(8-10)9-14(21-13)15(18)17-7-3-4-11(2)16(19)20/h9-11H,3-8H2,1-2H3,(H,17,18)(H,19,20). The van der Waals surface area contributed by atoms with Crippen molar-refractivity contribution in [2.45, 2.75) is 46.0 Å². The molecule has 1 aromatic heterocycles. The van der Waals surface area contributed by atoms with Gasteiger partial charge in [0.1, 0.15) is 0 Å². The van der Waals surface area contributed by atoms with Gasteiger partial charge in [0.15, 0.2) is 0 Å². The summed E-state index contributed by atoms with van der Waals surface area (Å²) < 4.78 is 0. The number of rotatable bonds is 6. The molecule has 1 heterocycles. The molecular formula is C16H23NO3S. The predicted molar refractivity (Wildman–Crippen MR) is 83.9 cm³/mol. The van der Waals surface area contributed by atoms with Crippen molar-refractivity contribution in [3.63, 3.8) is 0 Å². The molecule has 0 radical (unpaired) electrons. The molecular weight excluding hydrogens is 286 g/mol. The van der Waals surface area contributed by atoms with Gasteiger partial charge in [0.2, 0.25) is 0 Å². The van der Waals surface area contributed by atoms with Crippen molar-refractivity contribution < 1.29 is 14.7 Å². The van der Waals surface area contributed by atoms with Gasteiger partial charge in [0.05, 0.1) is 10.8 Å². The van der Waals surface area contributed by atoms with E-state index in [1.54, 1.807) is 18.3 Å². The molecule has 1 amide bonds. The van der Waals surface area contributed by atoms with Crippen LogP contribution in [0.4, 0.5) is 0 Å². The Morgan fingerprint density at radius 3 is 3.00 bits per heavy atom. The van der Waals surface area contributed by atoms with Crippen molar-refractivity contribution in [3.05, 3.63) is 21.4 Å². The molecule has 0 aliphatic heterocycles. The monoisotopic (exact) mass is 309 g/mol. The van der Waals surface area contributed by atoms with Crippen LogP contribution in [0.3, 0.4) is 0 Å². The summed E-state index contributed by atoms with van der Waals surface area (Å²) in [6.45, 7) is 4.48. The van der Waals surface area contributed by atoms with Gasteiger partial charge < -0.3 is 10.4 Å². The Kier molecular flexibility index (Phi) is 5.39. The first kappa shape index (κ1) is 16.0. The van der Waals surface area contributed by atoms with E-state index in [0.717, 1.165) is 17.7 Å². The Labute approximate surface area is 129 Å². The molecule has 21 heavy (non-hydrogen) atoms. The van der Waals surface area contributed by atoms with Crippen LogP contribution in [0.5, 0.6) is 0 Å². The van der Waals surface area contributed by atoms with Crippen LogP contribution in [0, 0.1) is 11.8 Å².